The minimum atomic E-state index is 0.392. The van der Waals surface area contributed by atoms with Crippen molar-refractivity contribution in [3.05, 3.63) is 0 Å². The SMILES string of the molecule is COC1CCOC(C)C1. The van der Waals surface area contributed by atoms with Crippen LogP contribution in [0, 0.1) is 0 Å². The van der Waals surface area contributed by atoms with Crippen molar-refractivity contribution in [2.24, 2.45) is 0 Å². The molecule has 1 heterocycles. The van der Waals surface area contributed by atoms with Crippen molar-refractivity contribution in [2.75, 3.05) is 13.7 Å². The Morgan fingerprint density at radius 2 is 2.33 bits per heavy atom. The number of rotatable bonds is 1. The van der Waals surface area contributed by atoms with E-state index in [-0.39, 0.29) is 0 Å². The van der Waals surface area contributed by atoms with Crippen LogP contribution in [0.1, 0.15) is 19.8 Å². The molecule has 2 unspecified atom stereocenters. The monoisotopic (exact) mass is 130 g/mol. The van der Waals surface area contributed by atoms with Gasteiger partial charge in [-0.1, -0.05) is 0 Å². The maximum absolute atomic E-state index is 5.33. The quantitative estimate of drug-likeness (QED) is 0.531. The van der Waals surface area contributed by atoms with E-state index in [2.05, 4.69) is 6.92 Å². The Morgan fingerprint density at radius 3 is 2.78 bits per heavy atom. The smallest absolute Gasteiger partial charge is 0.0617 e. The molecule has 0 saturated carbocycles. The molecule has 0 radical (unpaired) electrons. The third kappa shape index (κ3) is 1.95. The summed E-state index contributed by atoms with van der Waals surface area (Å²) in [5.74, 6) is 0. The maximum atomic E-state index is 5.33. The lowest BCUT2D eigenvalue weighted by Crippen LogP contribution is -2.27. The van der Waals surface area contributed by atoms with Crippen molar-refractivity contribution in [3.63, 3.8) is 0 Å². The largest absolute Gasteiger partial charge is 0.381 e. The summed E-state index contributed by atoms with van der Waals surface area (Å²) in [5, 5.41) is 0. The van der Waals surface area contributed by atoms with Gasteiger partial charge >= 0.3 is 0 Å². The van der Waals surface area contributed by atoms with E-state index in [0.717, 1.165) is 19.4 Å². The summed E-state index contributed by atoms with van der Waals surface area (Å²) in [6.45, 7) is 2.95. The lowest BCUT2D eigenvalue weighted by molar-refractivity contribution is -0.0503. The second kappa shape index (κ2) is 3.18. The van der Waals surface area contributed by atoms with Crippen molar-refractivity contribution >= 4 is 0 Å². The molecular weight excluding hydrogens is 116 g/mol. The first kappa shape index (κ1) is 7.03. The van der Waals surface area contributed by atoms with Crippen molar-refractivity contribution in [1.82, 2.24) is 0 Å². The van der Waals surface area contributed by atoms with Gasteiger partial charge in [0.25, 0.3) is 0 Å². The topological polar surface area (TPSA) is 18.5 Å². The summed E-state index contributed by atoms with van der Waals surface area (Å²) >= 11 is 0. The van der Waals surface area contributed by atoms with Gasteiger partial charge in [-0.05, 0) is 19.8 Å². The molecule has 0 N–H and O–H groups in total. The summed E-state index contributed by atoms with van der Waals surface area (Å²) < 4.78 is 10.5. The predicted molar refractivity (Wildman–Crippen MR) is 35.4 cm³/mol. The van der Waals surface area contributed by atoms with Crippen LogP contribution >= 0.6 is 0 Å². The molecule has 0 aliphatic carbocycles. The zero-order chi connectivity index (χ0) is 6.69. The van der Waals surface area contributed by atoms with Crippen molar-refractivity contribution < 1.29 is 9.47 Å². The summed E-state index contributed by atoms with van der Waals surface area (Å²) in [7, 11) is 1.77. The Bertz CT molecular complexity index is 83.0. The Morgan fingerprint density at radius 1 is 1.56 bits per heavy atom. The molecule has 54 valence electrons. The fourth-order valence-electron chi connectivity index (χ4n) is 1.17. The van der Waals surface area contributed by atoms with E-state index in [4.69, 9.17) is 9.47 Å². The van der Waals surface area contributed by atoms with Gasteiger partial charge in [-0.15, -0.1) is 0 Å². The normalized spacial score (nSPS) is 36.7. The number of hydrogen-bond donors (Lipinski definition) is 0. The van der Waals surface area contributed by atoms with Crippen molar-refractivity contribution in [2.45, 2.75) is 32.0 Å². The van der Waals surface area contributed by atoms with Gasteiger partial charge in [-0.2, -0.15) is 0 Å². The second-order valence-electron chi connectivity index (χ2n) is 2.56. The molecule has 1 aliphatic heterocycles. The Labute approximate surface area is 56.2 Å². The van der Waals surface area contributed by atoms with E-state index in [0.29, 0.717) is 12.2 Å². The summed E-state index contributed by atoms with van der Waals surface area (Å²) in [4.78, 5) is 0. The van der Waals surface area contributed by atoms with Crippen LogP contribution in [-0.2, 0) is 9.47 Å². The van der Waals surface area contributed by atoms with Crippen LogP contribution in [0.5, 0.6) is 0 Å². The van der Waals surface area contributed by atoms with Crippen LogP contribution in [0.3, 0.4) is 0 Å². The highest BCUT2D eigenvalue weighted by Crippen LogP contribution is 2.14. The maximum Gasteiger partial charge on any atom is 0.0617 e. The number of ether oxygens (including phenoxy) is 2. The number of methoxy groups -OCH3 is 1. The molecule has 2 heteroatoms. The van der Waals surface area contributed by atoms with E-state index >= 15 is 0 Å². The van der Waals surface area contributed by atoms with Crippen LogP contribution in [0.2, 0.25) is 0 Å². The van der Waals surface area contributed by atoms with E-state index in [1.165, 1.54) is 0 Å². The molecule has 0 aromatic rings. The minimum absolute atomic E-state index is 0.392. The van der Waals surface area contributed by atoms with Gasteiger partial charge in [0, 0.05) is 13.7 Å². The third-order valence-corrected chi connectivity index (χ3v) is 1.77. The lowest BCUT2D eigenvalue weighted by Gasteiger charge is -2.25. The molecule has 1 aliphatic rings. The first-order valence-corrected chi connectivity index (χ1v) is 3.47. The van der Waals surface area contributed by atoms with Crippen molar-refractivity contribution in [1.29, 1.82) is 0 Å². The van der Waals surface area contributed by atoms with Crippen LogP contribution in [0.4, 0.5) is 0 Å². The van der Waals surface area contributed by atoms with E-state index < -0.39 is 0 Å². The summed E-state index contributed by atoms with van der Waals surface area (Å²) in [6, 6.07) is 0. The van der Waals surface area contributed by atoms with E-state index in [1.54, 1.807) is 7.11 Å². The predicted octanol–water partition coefficient (Wildman–Crippen LogP) is 1.20. The Balaban J connectivity index is 2.23. The molecule has 0 bridgehead atoms. The molecule has 1 fully saturated rings. The van der Waals surface area contributed by atoms with Crippen LogP contribution in [-0.4, -0.2) is 25.9 Å². The highest BCUT2D eigenvalue weighted by Gasteiger charge is 2.17. The molecule has 0 aromatic heterocycles. The van der Waals surface area contributed by atoms with E-state index in [1.807, 2.05) is 0 Å². The average molecular weight is 130 g/mol. The summed E-state index contributed by atoms with van der Waals surface area (Å²) in [6.07, 6.45) is 2.94. The van der Waals surface area contributed by atoms with Gasteiger partial charge in [0.1, 0.15) is 0 Å². The molecule has 0 spiro atoms. The molecule has 2 nitrogen and oxygen atoms in total. The van der Waals surface area contributed by atoms with Gasteiger partial charge in [0.05, 0.1) is 12.2 Å². The number of hydrogen-bond acceptors (Lipinski definition) is 2. The van der Waals surface area contributed by atoms with E-state index in [9.17, 15) is 0 Å². The molecule has 9 heavy (non-hydrogen) atoms. The summed E-state index contributed by atoms with van der Waals surface area (Å²) in [5.41, 5.74) is 0. The average Bonchev–Trinajstić information content (AvgIpc) is 1.88. The molecule has 0 aromatic carbocycles. The fourth-order valence-corrected chi connectivity index (χ4v) is 1.17. The first-order valence-electron chi connectivity index (χ1n) is 3.47. The van der Waals surface area contributed by atoms with Crippen molar-refractivity contribution in [3.8, 4) is 0 Å². The Kier molecular flexibility index (Phi) is 2.49. The molecule has 1 saturated heterocycles. The Hall–Kier alpha value is -0.0800. The van der Waals surface area contributed by atoms with Crippen LogP contribution < -0.4 is 0 Å². The first-order chi connectivity index (χ1) is 4.33. The van der Waals surface area contributed by atoms with Gasteiger partial charge < -0.3 is 9.47 Å². The fraction of sp³-hybridized carbons (Fsp3) is 1.00. The lowest BCUT2D eigenvalue weighted by atomic mass is 10.1. The zero-order valence-corrected chi connectivity index (χ0v) is 6.09. The van der Waals surface area contributed by atoms with Crippen LogP contribution in [0.15, 0.2) is 0 Å². The standard InChI is InChI=1S/C7H14O2/c1-6-5-7(8-2)3-4-9-6/h6-7H,3-5H2,1-2H3. The minimum Gasteiger partial charge on any atom is -0.381 e. The van der Waals surface area contributed by atoms with Gasteiger partial charge in [0.2, 0.25) is 0 Å². The zero-order valence-electron chi connectivity index (χ0n) is 6.09. The second-order valence-corrected chi connectivity index (χ2v) is 2.56. The highest BCUT2D eigenvalue weighted by molar-refractivity contribution is 4.67. The third-order valence-electron chi connectivity index (χ3n) is 1.77. The molecular formula is C7H14O2. The molecule has 0 amide bonds. The van der Waals surface area contributed by atoms with Gasteiger partial charge in [-0.25, -0.2) is 0 Å². The van der Waals surface area contributed by atoms with Crippen LogP contribution in [0.25, 0.3) is 0 Å². The van der Waals surface area contributed by atoms with Gasteiger partial charge in [-0.3, -0.25) is 0 Å². The highest BCUT2D eigenvalue weighted by atomic mass is 16.5. The molecule has 2 atom stereocenters. The molecule has 1 rings (SSSR count). The van der Waals surface area contributed by atoms with Gasteiger partial charge in [0.15, 0.2) is 0 Å².